The normalized spacial score (nSPS) is 17.9. The zero-order valence-corrected chi connectivity index (χ0v) is 16.3. The van der Waals surface area contributed by atoms with Gasteiger partial charge in [0.2, 0.25) is 0 Å². The quantitative estimate of drug-likeness (QED) is 0.670. The molecular formula is C21H22BrN3. The van der Waals surface area contributed by atoms with Gasteiger partial charge in [-0.25, -0.2) is 0 Å². The van der Waals surface area contributed by atoms with Gasteiger partial charge in [0.1, 0.15) is 11.4 Å². The van der Waals surface area contributed by atoms with Gasteiger partial charge in [-0.15, -0.1) is 9.60 Å². The lowest BCUT2D eigenvalue weighted by Crippen LogP contribution is -3.00. The summed E-state index contributed by atoms with van der Waals surface area (Å²) in [5.41, 5.74) is 7.24. The van der Waals surface area contributed by atoms with Crippen LogP contribution in [0.1, 0.15) is 5.56 Å². The van der Waals surface area contributed by atoms with E-state index in [0.717, 1.165) is 11.4 Å². The van der Waals surface area contributed by atoms with Gasteiger partial charge in [-0.05, 0) is 24.6 Å². The van der Waals surface area contributed by atoms with Crippen molar-refractivity contribution in [1.82, 2.24) is 9.60 Å². The Kier molecular flexibility index (Phi) is 4.69. The first kappa shape index (κ1) is 17.7. The molecule has 0 fully saturated rings. The van der Waals surface area contributed by atoms with Crippen LogP contribution in [-0.2, 0) is 0 Å². The predicted molar refractivity (Wildman–Crippen MR) is 102 cm³/mol. The summed E-state index contributed by atoms with van der Waals surface area (Å²) in [5, 5.41) is 5.89. The summed E-state index contributed by atoms with van der Waals surface area (Å²) in [5.74, 6) is 0. The SMILES string of the molecule is Cc1ccc2c(c1)Nc1ccccc1[N+]2(c1ccccc1)N(C)C.[Br-]. The smallest absolute Gasteiger partial charge is 0.186 e. The lowest BCUT2D eigenvalue weighted by molar-refractivity contribution is -0.00000486. The maximum atomic E-state index is 3.62. The molecule has 4 heteroatoms. The number of hydrogen-bond acceptors (Lipinski definition) is 2. The molecular weight excluding hydrogens is 374 g/mol. The van der Waals surface area contributed by atoms with Crippen molar-refractivity contribution in [1.29, 1.82) is 0 Å². The average Bonchev–Trinajstić information content (AvgIpc) is 2.60. The molecule has 0 radical (unpaired) electrons. The van der Waals surface area contributed by atoms with Gasteiger partial charge in [-0.1, -0.05) is 36.4 Å². The van der Waals surface area contributed by atoms with E-state index in [1.165, 1.54) is 22.6 Å². The Morgan fingerprint density at radius 3 is 2.12 bits per heavy atom. The van der Waals surface area contributed by atoms with Crippen molar-refractivity contribution in [3.63, 3.8) is 0 Å². The third-order valence-electron chi connectivity index (χ3n) is 4.75. The molecule has 0 spiro atoms. The van der Waals surface area contributed by atoms with Crippen molar-refractivity contribution in [2.75, 3.05) is 19.4 Å². The highest BCUT2D eigenvalue weighted by Crippen LogP contribution is 2.54. The Morgan fingerprint density at radius 1 is 0.760 bits per heavy atom. The predicted octanol–water partition coefficient (Wildman–Crippen LogP) is 2.50. The zero-order chi connectivity index (χ0) is 16.7. The molecule has 0 amide bonds. The zero-order valence-electron chi connectivity index (χ0n) is 14.7. The fourth-order valence-corrected chi connectivity index (χ4v) is 3.75. The lowest BCUT2D eigenvalue weighted by atomic mass is 10.0. The van der Waals surface area contributed by atoms with Crippen molar-refractivity contribution in [2.24, 2.45) is 0 Å². The Hall–Kier alpha value is -2.14. The summed E-state index contributed by atoms with van der Waals surface area (Å²) in [6, 6.07) is 25.9. The van der Waals surface area contributed by atoms with Crippen LogP contribution in [0.3, 0.4) is 0 Å². The van der Waals surface area contributed by atoms with Crippen molar-refractivity contribution in [2.45, 2.75) is 6.92 Å². The number of para-hydroxylation sites is 3. The number of fused-ring (bicyclic) bond motifs is 2. The Bertz CT molecular complexity index is 893. The van der Waals surface area contributed by atoms with Crippen molar-refractivity contribution in [3.8, 4) is 0 Å². The van der Waals surface area contributed by atoms with Crippen LogP contribution in [0, 0.1) is 6.92 Å². The molecule has 3 aromatic carbocycles. The van der Waals surface area contributed by atoms with E-state index < -0.39 is 0 Å². The first-order chi connectivity index (χ1) is 11.6. The Balaban J connectivity index is 0.00000182. The second-order valence-corrected chi connectivity index (χ2v) is 6.48. The molecule has 1 aliphatic heterocycles. The van der Waals surface area contributed by atoms with Crippen LogP contribution in [-0.4, -0.2) is 19.1 Å². The van der Waals surface area contributed by atoms with Crippen LogP contribution in [0.2, 0.25) is 0 Å². The van der Waals surface area contributed by atoms with Gasteiger partial charge in [0, 0.05) is 38.4 Å². The van der Waals surface area contributed by atoms with E-state index in [4.69, 9.17) is 0 Å². The maximum Gasteiger partial charge on any atom is 0.186 e. The summed E-state index contributed by atoms with van der Waals surface area (Å²) in [7, 11) is 4.28. The second kappa shape index (κ2) is 6.64. The van der Waals surface area contributed by atoms with Crippen LogP contribution in [0.5, 0.6) is 0 Å². The molecule has 1 N–H and O–H groups in total. The molecule has 0 aromatic heterocycles. The fourth-order valence-electron chi connectivity index (χ4n) is 3.75. The minimum atomic E-state index is 0. The summed E-state index contributed by atoms with van der Waals surface area (Å²) in [6.07, 6.45) is 0. The van der Waals surface area contributed by atoms with Crippen LogP contribution < -0.4 is 26.9 Å². The highest BCUT2D eigenvalue weighted by Gasteiger charge is 2.46. The molecule has 1 aliphatic rings. The molecule has 0 bridgehead atoms. The number of halogens is 1. The third-order valence-corrected chi connectivity index (χ3v) is 4.75. The largest absolute Gasteiger partial charge is 1.00 e. The molecule has 3 aromatic rings. The Labute approximate surface area is 159 Å². The monoisotopic (exact) mass is 395 g/mol. The molecule has 25 heavy (non-hydrogen) atoms. The molecule has 1 atom stereocenters. The summed E-state index contributed by atoms with van der Waals surface area (Å²) < 4.78 is 0.569. The van der Waals surface area contributed by atoms with Gasteiger partial charge in [-0.3, -0.25) is 0 Å². The van der Waals surface area contributed by atoms with E-state index in [0.29, 0.717) is 4.59 Å². The molecule has 128 valence electrons. The number of quaternary nitrogens is 1. The molecule has 1 unspecified atom stereocenters. The van der Waals surface area contributed by atoms with E-state index in [-0.39, 0.29) is 17.0 Å². The van der Waals surface area contributed by atoms with Crippen LogP contribution in [0.15, 0.2) is 72.8 Å². The topological polar surface area (TPSA) is 15.3 Å². The van der Waals surface area contributed by atoms with E-state index >= 15 is 0 Å². The number of hydrogen-bond donors (Lipinski definition) is 1. The van der Waals surface area contributed by atoms with Gasteiger partial charge in [-0.2, -0.15) is 0 Å². The minimum absolute atomic E-state index is 0. The number of nitrogens with one attached hydrogen (secondary N) is 1. The lowest BCUT2D eigenvalue weighted by Gasteiger charge is -2.45. The van der Waals surface area contributed by atoms with Gasteiger partial charge in [0.05, 0.1) is 0 Å². The van der Waals surface area contributed by atoms with Crippen molar-refractivity contribution >= 4 is 28.4 Å². The highest BCUT2D eigenvalue weighted by atomic mass is 79.9. The number of aryl methyl sites for hydroxylation is 1. The van der Waals surface area contributed by atoms with E-state index in [1.54, 1.807) is 0 Å². The van der Waals surface area contributed by atoms with Gasteiger partial charge in [0.15, 0.2) is 17.1 Å². The summed E-state index contributed by atoms with van der Waals surface area (Å²) >= 11 is 0. The number of nitrogens with zero attached hydrogens (tertiary/aromatic N) is 2. The first-order valence-electron chi connectivity index (χ1n) is 8.24. The molecule has 0 saturated carbocycles. The molecule has 0 aliphatic carbocycles. The Morgan fingerprint density at radius 2 is 1.40 bits per heavy atom. The van der Waals surface area contributed by atoms with Crippen LogP contribution >= 0.6 is 0 Å². The third kappa shape index (κ3) is 2.58. The van der Waals surface area contributed by atoms with Gasteiger partial charge in [0.25, 0.3) is 0 Å². The summed E-state index contributed by atoms with van der Waals surface area (Å²) in [6.45, 7) is 2.13. The number of rotatable bonds is 2. The highest BCUT2D eigenvalue weighted by molar-refractivity contribution is 5.92. The van der Waals surface area contributed by atoms with E-state index in [2.05, 4.69) is 104 Å². The number of anilines is 2. The average molecular weight is 396 g/mol. The second-order valence-electron chi connectivity index (χ2n) is 6.48. The number of benzene rings is 3. The van der Waals surface area contributed by atoms with E-state index in [9.17, 15) is 0 Å². The standard InChI is InChI=1S/C21H22N3.BrH/c1-16-13-14-21-19(15-16)22-18-11-7-8-12-20(18)24(21,23(2)3)17-9-5-4-6-10-17;/h4-15,22H,1-3H3;1H/q+1;/p-1. The van der Waals surface area contributed by atoms with Crippen molar-refractivity contribution in [3.05, 3.63) is 78.4 Å². The molecule has 1 heterocycles. The summed E-state index contributed by atoms with van der Waals surface area (Å²) in [4.78, 5) is 0. The minimum Gasteiger partial charge on any atom is -1.00 e. The molecule has 3 nitrogen and oxygen atoms in total. The maximum absolute atomic E-state index is 3.62. The van der Waals surface area contributed by atoms with Gasteiger partial charge < -0.3 is 22.3 Å². The van der Waals surface area contributed by atoms with Gasteiger partial charge >= 0.3 is 0 Å². The van der Waals surface area contributed by atoms with Crippen LogP contribution in [0.25, 0.3) is 0 Å². The molecule has 4 rings (SSSR count). The molecule has 0 saturated heterocycles. The van der Waals surface area contributed by atoms with Crippen LogP contribution in [0.4, 0.5) is 28.4 Å². The first-order valence-corrected chi connectivity index (χ1v) is 8.24. The fraction of sp³-hybridized carbons (Fsp3) is 0.143. The van der Waals surface area contributed by atoms with E-state index in [1.807, 2.05) is 0 Å². The van der Waals surface area contributed by atoms with Crippen molar-refractivity contribution < 1.29 is 17.0 Å².